The lowest BCUT2D eigenvalue weighted by atomic mass is 10.2. The van der Waals surface area contributed by atoms with Crippen LogP contribution in [0.15, 0.2) is 47.5 Å². The maximum absolute atomic E-state index is 8.30. The third-order valence-electron chi connectivity index (χ3n) is 4.53. The van der Waals surface area contributed by atoms with Gasteiger partial charge in [-0.05, 0) is 25.0 Å². The average molecular weight is 309 g/mol. The number of amidine groups is 1. The number of hydrogen-bond acceptors (Lipinski definition) is 2. The second-order valence-electron chi connectivity index (χ2n) is 6.24. The summed E-state index contributed by atoms with van der Waals surface area (Å²) < 4.78 is 9.93. The molecule has 23 heavy (non-hydrogen) atoms. The van der Waals surface area contributed by atoms with Crippen LogP contribution in [0.25, 0.3) is 10.9 Å². The number of likely N-dealkylation sites (tertiary alicyclic amines) is 1. The van der Waals surface area contributed by atoms with E-state index in [1.54, 1.807) is 6.26 Å². The van der Waals surface area contributed by atoms with Gasteiger partial charge in [0, 0.05) is 25.4 Å². The number of nitrogens with zero attached hydrogens (tertiary/aromatic N) is 3. The van der Waals surface area contributed by atoms with Crippen molar-refractivity contribution in [2.75, 3.05) is 13.1 Å². The van der Waals surface area contributed by atoms with E-state index in [-0.39, 0.29) is 0 Å². The maximum atomic E-state index is 8.30. The quantitative estimate of drug-likeness (QED) is 0.459. The minimum Gasteiger partial charge on any atom is -0.467 e. The highest BCUT2D eigenvalue weighted by atomic mass is 16.3. The number of nitrogens with one attached hydrogen (secondary N) is 1. The first-order valence-electron chi connectivity index (χ1n) is 8.06. The maximum Gasteiger partial charge on any atom is 0.177 e. The van der Waals surface area contributed by atoms with Crippen LogP contribution in [0, 0.1) is 5.41 Å². The molecule has 4 heterocycles. The van der Waals surface area contributed by atoms with Gasteiger partial charge in [0.05, 0.1) is 23.0 Å². The van der Waals surface area contributed by atoms with Gasteiger partial charge in [-0.25, -0.2) is 4.57 Å². The Kier molecular flexibility index (Phi) is 3.41. The van der Waals surface area contributed by atoms with Crippen molar-refractivity contribution in [3.63, 3.8) is 0 Å². The summed E-state index contributed by atoms with van der Waals surface area (Å²) in [5.41, 5.74) is 2.07. The summed E-state index contributed by atoms with van der Waals surface area (Å²) >= 11 is 0. The van der Waals surface area contributed by atoms with Gasteiger partial charge in [0.1, 0.15) is 24.9 Å². The molecule has 0 saturated carbocycles. The highest BCUT2D eigenvalue weighted by Crippen LogP contribution is 2.19. The smallest absolute Gasteiger partial charge is 0.177 e. The average Bonchev–Trinajstić information content (AvgIpc) is 3.27. The Hall–Kier alpha value is -2.56. The summed E-state index contributed by atoms with van der Waals surface area (Å²) in [7, 11) is 2.03. The lowest BCUT2D eigenvalue weighted by Gasteiger charge is -2.16. The van der Waals surface area contributed by atoms with Crippen LogP contribution in [0.3, 0.4) is 0 Å². The van der Waals surface area contributed by atoms with E-state index in [1.807, 2.05) is 13.1 Å². The van der Waals surface area contributed by atoms with E-state index in [4.69, 9.17) is 9.83 Å². The molecule has 5 heteroatoms. The zero-order valence-electron chi connectivity index (χ0n) is 13.3. The second-order valence-corrected chi connectivity index (χ2v) is 6.24. The first kappa shape index (κ1) is 14.1. The minimum atomic E-state index is 0.585. The molecule has 0 amide bonds. The van der Waals surface area contributed by atoms with Gasteiger partial charge in [-0.3, -0.25) is 5.41 Å². The Labute approximate surface area is 135 Å². The van der Waals surface area contributed by atoms with E-state index < -0.39 is 0 Å². The standard InChI is InChI=1S/C18H21N4O/c1-20-8-5-17-14(11-20)4-9-22(17)12-16-10-15(13-23-16)18(19)21-6-2-3-7-21/h4-5,8-11,13,19H,2-3,6-7,12H2,1H3/q+1. The molecule has 3 aromatic heterocycles. The normalized spacial score (nSPS) is 14.7. The lowest BCUT2D eigenvalue weighted by Crippen LogP contribution is -2.27. The number of hydrogen-bond donors (Lipinski definition) is 1. The highest BCUT2D eigenvalue weighted by Gasteiger charge is 2.18. The van der Waals surface area contributed by atoms with E-state index in [9.17, 15) is 0 Å². The molecule has 0 aliphatic carbocycles. The Morgan fingerprint density at radius 1 is 1.30 bits per heavy atom. The third-order valence-corrected chi connectivity index (χ3v) is 4.53. The Bertz CT molecular complexity index is 855. The molecule has 1 fully saturated rings. The van der Waals surface area contributed by atoms with E-state index in [2.05, 4.69) is 44.8 Å². The van der Waals surface area contributed by atoms with Crippen molar-refractivity contribution in [3.8, 4) is 0 Å². The van der Waals surface area contributed by atoms with Crippen molar-refractivity contribution in [1.29, 1.82) is 5.41 Å². The summed E-state index contributed by atoms with van der Waals surface area (Å²) in [5.74, 6) is 1.47. The van der Waals surface area contributed by atoms with E-state index in [1.165, 1.54) is 23.7 Å². The molecule has 1 saturated heterocycles. The Morgan fingerprint density at radius 3 is 2.96 bits per heavy atom. The van der Waals surface area contributed by atoms with Crippen molar-refractivity contribution in [1.82, 2.24) is 9.47 Å². The molecule has 0 aromatic carbocycles. The molecule has 5 nitrogen and oxygen atoms in total. The number of aryl methyl sites for hydroxylation is 1. The molecule has 0 atom stereocenters. The van der Waals surface area contributed by atoms with Gasteiger partial charge in [0.25, 0.3) is 0 Å². The van der Waals surface area contributed by atoms with Crippen LogP contribution in [-0.4, -0.2) is 28.4 Å². The van der Waals surface area contributed by atoms with Gasteiger partial charge in [-0.1, -0.05) is 0 Å². The fourth-order valence-corrected chi connectivity index (χ4v) is 3.27. The fourth-order valence-electron chi connectivity index (χ4n) is 3.27. The third kappa shape index (κ3) is 2.63. The predicted octanol–water partition coefficient (Wildman–Crippen LogP) is 2.53. The molecule has 0 bridgehead atoms. The van der Waals surface area contributed by atoms with Crippen LogP contribution in [0.4, 0.5) is 0 Å². The number of aromatic nitrogens is 2. The molecule has 0 spiro atoms. The number of rotatable bonds is 3. The largest absolute Gasteiger partial charge is 0.467 e. The van der Waals surface area contributed by atoms with Crippen LogP contribution < -0.4 is 4.57 Å². The summed E-state index contributed by atoms with van der Waals surface area (Å²) in [6.07, 6.45) is 10.3. The topological polar surface area (TPSA) is 49.0 Å². The minimum absolute atomic E-state index is 0.585. The first-order valence-corrected chi connectivity index (χ1v) is 8.06. The zero-order valence-corrected chi connectivity index (χ0v) is 13.3. The van der Waals surface area contributed by atoms with Crippen molar-refractivity contribution in [3.05, 3.63) is 54.4 Å². The molecule has 0 radical (unpaired) electrons. The number of furan rings is 1. The first-order chi connectivity index (χ1) is 11.2. The monoisotopic (exact) mass is 309 g/mol. The van der Waals surface area contributed by atoms with Crippen molar-refractivity contribution >= 4 is 16.7 Å². The molecule has 3 aromatic rings. The fraction of sp³-hybridized carbons (Fsp3) is 0.333. The lowest BCUT2D eigenvalue weighted by molar-refractivity contribution is -0.670. The SMILES string of the molecule is C[n+]1ccc2c(ccn2Cc2cc(C(=N)N3CCCC3)co2)c1. The molecule has 1 aliphatic heterocycles. The van der Waals surface area contributed by atoms with Crippen LogP contribution in [-0.2, 0) is 13.6 Å². The summed E-state index contributed by atoms with van der Waals surface area (Å²) in [6.45, 7) is 2.65. The molecular formula is C18H21N4O+. The van der Waals surface area contributed by atoms with Crippen LogP contribution in [0.5, 0.6) is 0 Å². The van der Waals surface area contributed by atoms with E-state index in [0.29, 0.717) is 12.4 Å². The van der Waals surface area contributed by atoms with Gasteiger partial charge in [0.2, 0.25) is 0 Å². The second kappa shape index (κ2) is 5.57. The summed E-state index contributed by atoms with van der Waals surface area (Å²) in [5, 5.41) is 9.52. The number of fused-ring (bicyclic) bond motifs is 1. The summed E-state index contributed by atoms with van der Waals surface area (Å²) in [4.78, 5) is 2.12. The van der Waals surface area contributed by atoms with Gasteiger partial charge in [-0.15, -0.1) is 0 Å². The van der Waals surface area contributed by atoms with Crippen molar-refractivity contribution in [2.24, 2.45) is 7.05 Å². The molecule has 118 valence electrons. The van der Waals surface area contributed by atoms with Crippen LogP contribution >= 0.6 is 0 Å². The van der Waals surface area contributed by atoms with Gasteiger partial charge < -0.3 is 13.9 Å². The van der Waals surface area contributed by atoms with Gasteiger partial charge >= 0.3 is 0 Å². The van der Waals surface area contributed by atoms with Gasteiger partial charge in [-0.2, -0.15) is 0 Å². The Morgan fingerprint density at radius 2 is 2.13 bits per heavy atom. The van der Waals surface area contributed by atoms with Gasteiger partial charge in [0.15, 0.2) is 12.4 Å². The van der Waals surface area contributed by atoms with Crippen LogP contribution in [0.1, 0.15) is 24.2 Å². The zero-order chi connectivity index (χ0) is 15.8. The predicted molar refractivity (Wildman–Crippen MR) is 88.6 cm³/mol. The molecule has 0 unspecified atom stereocenters. The molecule has 4 rings (SSSR count). The Balaban J connectivity index is 1.55. The summed E-state index contributed by atoms with van der Waals surface area (Å²) in [6, 6.07) is 6.23. The van der Waals surface area contributed by atoms with Crippen molar-refractivity contribution < 1.29 is 8.98 Å². The molecular weight excluding hydrogens is 288 g/mol. The number of pyridine rings is 1. The molecule has 1 N–H and O–H groups in total. The van der Waals surface area contributed by atoms with E-state index >= 15 is 0 Å². The highest BCUT2D eigenvalue weighted by molar-refractivity contribution is 5.96. The van der Waals surface area contributed by atoms with Crippen LogP contribution in [0.2, 0.25) is 0 Å². The van der Waals surface area contributed by atoms with E-state index in [0.717, 1.165) is 24.4 Å². The molecule has 1 aliphatic rings. The van der Waals surface area contributed by atoms with Crippen molar-refractivity contribution in [2.45, 2.75) is 19.4 Å².